The van der Waals surface area contributed by atoms with Gasteiger partial charge < -0.3 is 4.57 Å². The van der Waals surface area contributed by atoms with Crippen molar-refractivity contribution in [2.75, 3.05) is 13.1 Å². The second-order valence-electron chi connectivity index (χ2n) is 8.57. The first-order chi connectivity index (χ1) is 14.6. The molecule has 158 valence electrons. The van der Waals surface area contributed by atoms with Gasteiger partial charge in [0.25, 0.3) is 0 Å². The van der Waals surface area contributed by atoms with E-state index in [0.29, 0.717) is 5.41 Å². The largest absolute Gasteiger partial charge is 0.331 e. The van der Waals surface area contributed by atoms with Gasteiger partial charge in [-0.25, -0.2) is 13.5 Å². The Morgan fingerprint density at radius 2 is 1.83 bits per heavy atom. The lowest BCUT2D eigenvalue weighted by molar-refractivity contribution is 0.160. The molecule has 6 heteroatoms. The molecule has 3 heterocycles. The molecule has 0 aliphatic carbocycles. The molecule has 1 aliphatic rings. The summed E-state index contributed by atoms with van der Waals surface area (Å²) in [5.74, 6) is 0. The normalized spacial score (nSPS) is 17.7. The van der Waals surface area contributed by atoms with E-state index in [1.807, 2.05) is 31.6 Å². The molecule has 0 amide bonds. The summed E-state index contributed by atoms with van der Waals surface area (Å²) in [6.07, 6.45) is 11.8. The zero-order valence-corrected chi connectivity index (χ0v) is 18.6. The van der Waals surface area contributed by atoms with Gasteiger partial charge in [0.05, 0.1) is 23.1 Å². The number of aromatic nitrogens is 3. The summed E-state index contributed by atoms with van der Waals surface area (Å²) in [6, 6.07) is 12.4. The average Bonchev–Trinajstić information content (AvgIpc) is 3.23. The Kier molecular flexibility index (Phi) is 6.44. The van der Waals surface area contributed by atoms with Gasteiger partial charge in [0.15, 0.2) is 0 Å². The van der Waals surface area contributed by atoms with E-state index in [-0.39, 0.29) is 0 Å². The van der Waals surface area contributed by atoms with E-state index in [4.69, 9.17) is 0 Å². The van der Waals surface area contributed by atoms with Gasteiger partial charge >= 0.3 is 0 Å². The van der Waals surface area contributed by atoms with E-state index < -0.39 is 11.0 Å². The minimum absolute atomic E-state index is 0.304. The van der Waals surface area contributed by atoms with Crippen LogP contribution in [-0.4, -0.2) is 36.1 Å². The van der Waals surface area contributed by atoms with Crippen LogP contribution in [0.3, 0.4) is 0 Å². The van der Waals surface area contributed by atoms with E-state index in [2.05, 4.69) is 50.0 Å². The smallest absolute Gasteiger partial charge is 0.129 e. The van der Waals surface area contributed by atoms with Crippen molar-refractivity contribution >= 4 is 11.0 Å². The summed E-state index contributed by atoms with van der Waals surface area (Å²) in [5.41, 5.74) is 3.74. The lowest BCUT2D eigenvalue weighted by Gasteiger charge is -2.39. The fraction of sp³-hybridized carbons (Fsp3) is 0.417. The molecular formula is C24H30N4OS. The minimum atomic E-state index is -1.11. The van der Waals surface area contributed by atoms with Gasteiger partial charge in [0, 0.05) is 32.0 Å². The number of hydrogen-bond donors (Lipinski definition) is 0. The molecule has 3 aromatic rings. The molecule has 1 fully saturated rings. The van der Waals surface area contributed by atoms with Crippen LogP contribution in [0.25, 0.3) is 11.3 Å². The van der Waals surface area contributed by atoms with E-state index in [1.54, 1.807) is 12.4 Å². The van der Waals surface area contributed by atoms with Crippen molar-refractivity contribution in [3.8, 4) is 11.3 Å². The quantitative estimate of drug-likeness (QED) is 0.546. The standard InChI is InChI=1S/C24H30N4OS/c1-20-9-13-25-18-23(20)30(29)28-15-11-24(2,12-16-28)10-6-14-27-19-26-17-22(27)21-7-4-3-5-8-21/h3-5,7-9,13,17-19H,6,10-12,14-16H2,1-2H3. The Balaban J connectivity index is 1.31. The Morgan fingerprint density at radius 1 is 1.07 bits per heavy atom. The first kappa shape index (κ1) is 20.9. The molecule has 1 saturated heterocycles. The number of imidazole rings is 1. The maximum absolute atomic E-state index is 13.0. The van der Waals surface area contributed by atoms with Crippen molar-refractivity contribution in [1.29, 1.82) is 0 Å². The molecule has 0 N–H and O–H groups in total. The molecule has 0 bridgehead atoms. The van der Waals surface area contributed by atoms with Crippen LogP contribution < -0.4 is 0 Å². The van der Waals surface area contributed by atoms with Gasteiger partial charge in [-0.2, -0.15) is 0 Å². The molecule has 2 aromatic heterocycles. The van der Waals surface area contributed by atoms with Crippen LogP contribution in [0.5, 0.6) is 0 Å². The van der Waals surface area contributed by atoms with Gasteiger partial charge in [0.1, 0.15) is 11.0 Å². The minimum Gasteiger partial charge on any atom is -0.331 e. The van der Waals surface area contributed by atoms with Crippen LogP contribution in [0.1, 0.15) is 38.2 Å². The van der Waals surface area contributed by atoms with Crippen molar-refractivity contribution in [2.45, 2.75) is 51.0 Å². The van der Waals surface area contributed by atoms with E-state index in [1.165, 1.54) is 17.7 Å². The van der Waals surface area contributed by atoms with Gasteiger partial charge in [-0.15, -0.1) is 0 Å². The van der Waals surface area contributed by atoms with Gasteiger partial charge in [0.2, 0.25) is 0 Å². The lowest BCUT2D eigenvalue weighted by Crippen LogP contribution is -2.39. The number of nitrogens with zero attached hydrogens (tertiary/aromatic N) is 4. The van der Waals surface area contributed by atoms with Crippen LogP contribution >= 0.6 is 0 Å². The molecule has 0 saturated carbocycles. The number of hydrogen-bond acceptors (Lipinski definition) is 3. The molecular weight excluding hydrogens is 392 g/mol. The van der Waals surface area contributed by atoms with Crippen LogP contribution in [0.4, 0.5) is 0 Å². The lowest BCUT2D eigenvalue weighted by atomic mass is 9.77. The van der Waals surface area contributed by atoms with Crippen molar-refractivity contribution in [1.82, 2.24) is 18.8 Å². The molecule has 1 unspecified atom stereocenters. The Labute approximate surface area is 181 Å². The molecule has 5 nitrogen and oxygen atoms in total. The molecule has 1 atom stereocenters. The fourth-order valence-corrected chi connectivity index (χ4v) is 5.52. The predicted octanol–water partition coefficient (Wildman–Crippen LogP) is 4.86. The van der Waals surface area contributed by atoms with Gasteiger partial charge in [-0.1, -0.05) is 37.3 Å². The maximum atomic E-state index is 13.0. The SMILES string of the molecule is Cc1ccncc1S(=O)N1CCC(C)(CCCn2cncc2-c2ccccc2)CC1. The third-order valence-corrected chi connectivity index (χ3v) is 7.94. The van der Waals surface area contributed by atoms with Crippen molar-refractivity contribution in [3.05, 3.63) is 66.9 Å². The van der Waals surface area contributed by atoms with Crippen LogP contribution in [0, 0.1) is 12.3 Å². The van der Waals surface area contributed by atoms with Crippen LogP contribution in [0.15, 0.2) is 66.2 Å². The fourth-order valence-electron chi connectivity index (χ4n) is 4.24. The zero-order chi connectivity index (χ0) is 21.0. The molecule has 30 heavy (non-hydrogen) atoms. The highest BCUT2D eigenvalue weighted by molar-refractivity contribution is 7.82. The summed E-state index contributed by atoms with van der Waals surface area (Å²) < 4.78 is 17.3. The second-order valence-corrected chi connectivity index (χ2v) is 10.0. The Hall–Kier alpha value is -2.31. The average molecular weight is 423 g/mol. The molecule has 0 spiro atoms. The highest BCUT2D eigenvalue weighted by Gasteiger charge is 2.32. The summed E-state index contributed by atoms with van der Waals surface area (Å²) >= 11 is 0. The monoisotopic (exact) mass is 422 g/mol. The van der Waals surface area contributed by atoms with Crippen LogP contribution in [-0.2, 0) is 17.5 Å². The number of pyridine rings is 1. The molecule has 0 radical (unpaired) electrons. The van der Waals surface area contributed by atoms with Crippen LogP contribution in [0.2, 0.25) is 0 Å². The summed E-state index contributed by atoms with van der Waals surface area (Å²) in [7, 11) is -1.11. The summed E-state index contributed by atoms with van der Waals surface area (Å²) in [5, 5.41) is 0. The zero-order valence-electron chi connectivity index (χ0n) is 17.8. The van der Waals surface area contributed by atoms with E-state index >= 15 is 0 Å². The second kappa shape index (κ2) is 9.23. The van der Waals surface area contributed by atoms with Crippen molar-refractivity contribution < 1.29 is 4.21 Å². The highest BCUT2D eigenvalue weighted by Crippen LogP contribution is 2.37. The number of rotatable bonds is 7. The topological polar surface area (TPSA) is 51.0 Å². The molecule has 1 aromatic carbocycles. The third kappa shape index (κ3) is 4.71. The maximum Gasteiger partial charge on any atom is 0.129 e. The highest BCUT2D eigenvalue weighted by atomic mass is 32.2. The third-order valence-electron chi connectivity index (χ3n) is 6.30. The Morgan fingerprint density at radius 3 is 2.57 bits per heavy atom. The first-order valence-corrected chi connectivity index (χ1v) is 11.8. The number of benzene rings is 1. The van der Waals surface area contributed by atoms with E-state index in [0.717, 1.165) is 49.4 Å². The molecule has 4 rings (SSSR count). The summed E-state index contributed by atoms with van der Waals surface area (Å²) in [6.45, 7) is 7.11. The molecule has 1 aliphatic heterocycles. The van der Waals surface area contributed by atoms with E-state index in [9.17, 15) is 4.21 Å². The predicted molar refractivity (Wildman–Crippen MR) is 121 cm³/mol. The summed E-state index contributed by atoms with van der Waals surface area (Å²) in [4.78, 5) is 9.36. The van der Waals surface area contributed by atoms with Gasteiger partial charge in [-0.05, 0) is 55.2 Å². The van der Waals surface area contributed by atoms with Crippen molar-refractivity contribution in [2.24, 2.45) is 5.41 Å². The first-order valence-electron chi connectivity index (χ1n) is 10.7. The Bertz CT molecular complexity index is 993. The van der Waals surface area contributed by atoms with Gasteiger partial charge in [-0.3, -0.25) is 4.98 Å². The number of piperidine rings is 1. The van der Waals surface area contributed by atoms with Crippen molar-refractivity contribution in [3.63, 3.8) is 0 Å². The number of aryl methyl sites for hydroxylation is 2.